The first-order chi connectivity index (χ1) is 14.4. The van der Waals surface area contributed by atoms with Gasteiger partial charge in [-0.3, -0.25) is 4.90 Å². The zero-order chi connectivity index (χ0) is 22.0. The van der Waals surface area contributed by atoms with Gasteiger partial charge in [0.1, 0.15) is 17.1 Å². The standard InChI is InChI=1S/C23H36N4O3/c1-6-24-22(26-17-23(4,28)21-13-10-14-30-21)25-16-20(27(7-2)8-3)18-11-9-12-19(15-18)29-5/h9-15,20,28H,6-8,16-17H2,1-5H3,(H2,24,25,26). The summed E-state index contributed by atoms with van der Waals surface area (Å²) >= 11 is 0. The van der Waals surface area contributed by atoms with E-state index in [0.717, 1.165) is 25.4 Å². The predicted octanol–water partition coefficient (Wildman–Crippen LogP) is 3.13. The SMILES string of the molecule is CCNC(=NCC(C)(O)c1ccco1)NCC(c1cccc(OC)c1)N(CC)CC. The fraction of sp³-hybridized carbons (Fsp3) is 0.522. The van der Waals surface area contributed by atoms with Gasteiger partial charge < -0.3 is 24.9 Å². The molecule has 0 bridgehead atoms. The maximum absolute atomic E-state index is 10.7. The zero-order valence-electron chi connectivity index (χ0n) is 18.8. The van der Waals surface area contributed by atoms with E-state index in [-0.39, 0.29) is 12.6 Å². The number of hydrogen-bond donors (Lipinski definition) is 3. The molecular weight excluding hydrogens is 380 g/mol. The van der Waals surface area contributed by atoms with Gasteiger partial charge in [-0.1, -0.05) is 26.0 Å². The summed E-state index contributed by atoms with van der Waals surface area (Å²) in [5, 5.41) is 17.4. The van der Waals surface area contributed by atoms with Gasteiger partial charge in [0, 0.05) is 13.1 Å². The van der Waals surface area contributed by atoms with Gasteiger partial charge >= 0.3 is 0 Å². The van der Waals surface area contributed by atoms with Crippen LogP contribution in [0.25, 0.3) is 0 Å². The molecule has 0 aliphatic carbocycles. The van der Waals surface area contributed by atoms with Crippen LogP contribution < -0.4 is 15.4 Å². The molecule has 0 aliphatic rings. The second-order valence-corrected chi connectivity index (χ2v) is 7.34. The van der Waals surface area contributed by atoms with Crippen molar-refractivity contribution in [3.8, 4) is 5.75 Å². The van der Waals surface area contributed by atoms with Gasteiger partial charge in [0.05, 0.1) is 26.0 Å². The van der Waals surface area contributed by atoms with Crippen molar-refractivity contribution in [2.45, 2.75) is 39.3 Å². The number of aliphatic imine (C=N–C) groups is 1. The average Bonchev–Trinajstić information content (AvgIpc) is 3.31. The number of furan rings is 1. The molecule has 3 N–H and O–H groups in total. The minimum atomic E-state index is -1.17. The van der Waals surface area contributed by atoms with E-state index in [4.69, 9.17) is 9.15 Å². The molecule has 0 aliphatic heterocycles. The summed E-state index contributed by atoms with van der Waals surface area (Å²) in [4.78, 5) is 6.99. The zero-order valence-corrected chi connectivity index (χ0v) is 18.8. The van der Waals surface area contributed by atoms with Crippen LogP contribution >= 0.6 is 0 Å². The van der Waals surface area contributed by atoms with Crippen LogP contribution in [-0.2, 0) is 5.60 Å². The molecule has 1 aromatic heterocycles. The molecule has 7 heteroatoms. The third-order valence-electron chi connectivity index (χ3n) is 5.14. The van der Waals surface area contributed by atoms with Gasteiger partial charge in [0.2, 0.25) is 0 Å². The number of hydrogen-bond acceptors (Lipinski definition) is 5. The molecule has 2 unspecified atom stereocenters. The van der Waals surface area contributed by atoms with Crippen molar-refractivity contribution in [3.63, 3.8) is 0 Å². The van der Waals surface area contributed by atoms with E-state index in [1.165, 1.54) is 5.56 Å². The second kappa shape index (κ2) is 11.6. The molecule has 2 aromatic rings. The largest absolute Gasteiger partial charge is 0.497 e. The van der Waals surface area contributed by atoms with Crippen LogP contribution in [-0.4, -0.2) is 55.8 Å². The number of nitrogens with zero attached hydrogens (tertiary/aromatic N) is 2. The first kappa shape index (κ1) is 23.8. The summed E-state index contributed by atoms with van der Waals surface area (Å²) < 4.78 is 10.8. The second-order valence-electron chi connectivity index (χ2n) is 7.34. The first-order valence-electron chi connectivity index (χ1n) is 10.6. The van der Waals surface area contributed by atoms with Crippen LogP contribution in [0.5, 0.6) is 5.75 Å². The average molecular weight is 417 g/mol. The molecule has 0 radical (unpaired) electrons. The van der Waals surface area contributed by atoms with Crippen LogP contribution in [0.15, 0.2) is 52.1 Å². The maximum atomic E-state index is 10.7. The summed E-state index contributed by atoms with van der Waals surface area (Å²) in [5.41, 5.74) is 0.0145. The number of rotatable bonds is 11. The van der Waals surface area contributed by atoms with Crippen molar-refractivity contribution >= 4 is 5.96 Å². The highest BCUT2D eigenvalue weighted by Crippen LogP contribution is 2.24. The number of aliphatic hydroxyl groups is 1. The molecule has 1 heterocycles. The van der Waals surface area contributed by atoms with Crippen LogP contribution in [0, 0.1) is 0 Å². The third kappa shape index (κ3) is 6.50. The lowest BCUT2D eigenvalue weighted by Crippen LogP contribution is -2.44. The number of guanidine groups is 1. The molecule has 7 nitrogen and oxygen atoms in total. The Bertz CT molecular complexity index is 771. The Labute approximate surface area is 180 Å². The van der Waals surface area contributed by atoms with Crippen molar-refractivity contribution in [2.75, 3.05) is 39.8 Å². The van der Waals surface area contributed by atoms with Gasteiger partial charge in [-0.2, -0.15) is 0 Å². The Kier molecular flexibility index (Phi) is 9.20. The lowest BCUT2D eigenvalue weighted by atomic mass is 10.0. The normalized spacial score (nSPS) is 15.0. The van der Waals surface area contributed by atoms with E-state index >= 15 is 0 Å². The fourth-order valence-electron chi connectivity index (χ4n) is 3.40. The van der Waals surface area contributed by atoms with Gasteiger partial charge in [-0.15, -0.1) is 0 Å². The number of benzene rings is 1. The van der Waals surface area contributed by atoms with Gasteiger partial charge in [0.25, 0.3) is 0 Å². The summed E-state index contributed by atoms with van der Waals surface area (Å²) in [6.07, 6.45) is 1.56. The van der Waals surface area contributed by atoms with Crippen LogP contribution in [0.3, 0.4) is 0 Å². The quantitative estimate of drug-likeness (QED) is 0.386. The summed E-state index contributed by atoms with van der Waals surface area (Å²) in [5.74, 6) is 2.00. The van der Waals surface area contributed by atoms with Gasteiger partial charge in [-0.05, 0) is 56.8 Å². The Balaban J connectivity index is 2.16. The highest BCUT2D eigenvalue weighted by atomic mass is 16.5. The van der Waals surface area contributed by atoms with Crippen molar-refractivity contribution < 1.29 is 14.3 Å². The molecule has 30 heavy (non-hydrogen) atoms. The Hall–Kier alpha value is -2.51. The van der Waals surface area contributed by atoms with Crippen molar-refractivity contribution in [3.05, 3.63) is 54.0 Å². The van der Waals surface area contributed by atoms with Crippen molar-refractivity contribution in [2.24, 2.45) is 4.99 Å². The molecular formula is C23H36N4O3. The summed E-state index contributed by atoms with van der Waals surface area (Å²) in [7, 11) is 1.69. The lowest BCUT2D eigenvalue weighted by molar-refractivity contribution is 0.0437. The lowest BCUT2D eigenvalue weighted by Gasteiger charge is -2.31. The summed E-state index contributed by atoms with van der Waals surface area (Å²) in [6, 6.07) is 11.9. The predicted molar refractivity (Wildman–Crippen MR) is 121 cm³/mol. The third-order valence-corrected chi connectivity index (χ3v) is 5.14. The Morgan fingerprint density at radius 1 is 1.20 bits per heavy atom. The Morgan fingerprint density at radius 2 is 1.97 bits per heavy atom. The van der Waals surface area contributed by atoms with E-state index < -0.39 is 5.60 Å². The first-order valence-corrected chi connectivity index (χ1v) is 10.6. The van der Waals surface area contributed by atoms with Crippen molar-refractivity contribution in [1.82, 2.24) is 15.5 Å². The van der Waals surface area contributed by atoms with Crippen LogP contribution in [0.2, 0.25) is 0 Å². The van der Waals surface area contributed by atoms with Gasteiger partial charge in [0.15, 0.2) is 5.96 Å². The van der Waals surface area contributed by atoms with E-state index in [1.807, 2.05) is 19.1 Å². The highest BCUT2D eigenvalue weighted by molar-refractivity contribution is 5.79. The Morgan fingerprint density at radius 3 is 2.57 bits per heavy atom. The fourth-order valence-corrected chi connectivity index (χ4v) is 3.40. The maximum Gasteiger partial charge on any atom is 0.191 e. The number of nitrogens with one attached hydrogen (secondary N) is 2. The molecule has 0 saturated carbocycles. The van der Waals surface area contributed by atoms with E-state index in [2.05, 4.69) is 46.5 Å². The monoisotopic (exact) mass is 416 g/mol. The molecule has 1 aromatic carbocycles. The minimum Gasteiger partial charge on any atom is -0.497 e. The van der Waals surface area contributed by atoms with E-state index in [9.17, 15) is 5.11 Å². The molecule has 2 atom stereocenters. The summed E-state index contributed by atoms with van der Waals surface area (Å²) in [6.45, 7) is 11.5. The van der Waals surface area contributed by atoms with Crippen LogP contribution in [0.1, 0.15) is 45.1 Å². The smallest absolute Gasteiger partial charge is 0.191 e. The molecule has 166 valence electrons. The molecule has 2 rings (SSSR count). The molecule has 0 amide bonds. The van der Waals surface area contributed by atoms with E-state index in [0.29, 0.717) is 18.3 Å². The number of likely N-dealkylation sites (N-methyl/N-ethyl adjacent to an activating group) is 1. The van der Waals surface area contributed by atoms with Crippen LogP contribution in [0.4, 0.5) is 0 Å². The minimum absolute atomic E-state index is 0.157. The van der Waals surface area contributed by atoms with Crippen molar-refractivity contribution in [1.29, 1.82) is 0 Å². The highest BCUT2D eigenvalue weighted by Gasteiger charge is 2.26. The topological polar surface area (TPSA) is 82.3 Å². The van der Waals surface area contributed by atoms with E-state index in [1.54, 1.807) is 32.4 Å². The molecule has 0 saturated heterocycles. The molecule has 0 fully saturated rings. The van der Waals surface area contributed by atoms with Gasteiger partial charge in [-0.25, -0.2) is 4.99 Å². The molecule has 0 spiro atoms. The number of ether oxygens (including phenoxy) is 1. The number of methoxy groups -OCH3 is 1.